The largest absolute Gasteiger partial charge is 0.383 e. The molecule has 0 amide bonds. The minimum Gasteiger partial charge on any atom is -0.383 e. The number of aryl methyl sites for hydroxylation is 1. The highest BCUT2D eigenvalue weighted by molar-refractivity contribution is 6.10. The highest BCUT2D eigenvalue weighted by atomic mass is 15.0. The lowest BCUT2D eigenvalue weighted by Gasteiger charge is -2.05. The highest BCUT2D eigenvalue weighted by Crippen LogP contribution is 2.29. The highest BCUT2D eigenvalue weighted by Gasteiger charge is 2.09. The first kappa shape index (κ1) is 9.89. The molecular formula is C12H13N5. The van der Waals surface area contributed by atoms with Crippen LogP contribution in [-0.4, -0.2) is 14.5 Å². The molecule has 0 bridgehead atoms. The molecule has 0 aliphatic carbocycles. The van der Waals surface area contributed by atoms with E-state index in [-0.39, 0.29) is 5.95 Å². The number of aromatic nitrogens is 3. The molecule has 0 fully saturated rings. The van der Waals surface area contributed by atoms with Gasteiger partial charge in [-0.05, 0) is 25.1 Å². The van der Waals surface area contributed by atoms with Gasteiger partial charge in [-0.1, -0.05) is 0 Å². The number of rotatable bonds is 1. The lowest BCUT2D eigenvalue weighted by Crippen LogP contribution is -2.00. The molecule has 0 unspecified atom stereocenters. The smallest absolute Gasteiger partial charge is 0.222 e. The Morgan fingerprint density at radius 1 is 1.18 bits per heavy atom. The van der Waals surface area contributed by atoms with Gasteiger partial charge in [-0.2, -0.15) is 4.98 Å². The van der Waals surface area contributed by atoms with E-state index in [1.165, 1.54) is 0 Å². The number of nitrogens with zero attached hydrogens (tertiary/aromatic N) is 3. The molecule has 3 aromatic rings. The van der Waals surface area contributed by atoms with Crippen molar-refractivity contribution >= 4 is 33.6 Å². The Morgan fingerprint density at radius 2 is 2.00 bits per heavy atom. The fourth-order valence-electron chi connectivity index (χ4n) is 2.23. The molecule has 0 saturated carbocycles. The molecule has 0 aliphatic rings. The molecule has 2 aromatic heterocycles. The number of nitrogens with two attached hydrogens (primary N) is 2. The molecule has 3 rings (SSSR count). The Hall–Kier alpha value is -2.30. The quantitative estimate of drug-likeness (QED) is 0.663. The number of nitrogen functional groups attached to an aromatic ring is 2. The van der Waals surface area contributed by atoms with Crippen LogP contribution in [0, 0.1) is 0 Å². The molecule has 0 spiro atoms. The van der Waals surface area contributed by atoms with Gasteiger partial charge in [0.05, 0.1) is 10.9 Å². The average molecular weight is 227 g/mol. The summed E-state index contributed by atoms with van der Waals surface area (Å²) in [5, 5.41) is 1.95. The molecule has 5 heteroatoms. The molecule has 86 valence electrons. The Bertz CT molecular complexity index is 714. The van der Waals surface area contributed by atoms with Crippen LogP contribution in [-0.2, 0) is 6.54 Å². The van der Waals surface area contributed by atoms with Gasteiger partial charge in [0.2, 0.25) is 5.95 Å². The van der Waals surface area contributed by atoms with Gasteiger partial charge < -0.3 is 16.0 Å². The summed E-state index contributed by atoms with van der Waals surface area (Å²) >= 11 is 0. The normalized spacial score (nSPS) is 11.4. The zero-order valence-electron chi connectivity index (χ0n) is 9.51. The fourth-order valence-corrected chi connectivity index (χ4v) is 2.23. The fraction of sp³-hybridized carbons (Fsp3) is 0.167. The van der Waals surface area contributed by atoms with E-state index in [1.807, 2.05) is 24.4 Å². The summed E-state index contributed by atoms with van der Waals surface area (Å²) in [5.74, 6) is 0.649. The van der Waals surface area contributed by atoms with Crippen molar-refractivity contribution in [3.8, 4) is 0 Å². The van der Waals surface area contributed by atoms with E-state index in [4.69, 9.17) is 11.5 Å². The minimum atomic E-state index is 0.212. The maximum absolute atomic E-state index is 5.93. The van der Waals surface area contributed by atoms with E-state index >= 15 is 0 Å². The molecular weight excluding hydrogens is 214 g/mol. The summed E-state index contributed by atoms with van der Waals surface area (Å²) in [6, 6.07) is 6.00. The van der Waals surface area contributed by atoms with Gasteiger partial charge in [-0.15, -0.1) is 0 Å². The summed E-state index contributed by atoms with van der Waals surface area (Å²) in [7, 11) is 0. The second-order valence-corrected chi connectivity index (χ2v) is 3.96. The zero-order valence-corrected chi connectivity index (χ0v) is 9.51. The van der Waals surface area contributed by atoms with E-state index in [0.717, 1.165) is 28.4 Å². The van der Waals surface area contributed by atoms with E-state index in [1.54, 1.807) is 0 Å². The number of anilines is 2. The first-order chi connectivity index (χ1) is 8.20. The Morgan fingerprint density at radius 3 is 2.76 bits per heavy atom. The lowest BCUT2D eigenvalue weighted by atomic mass is 10.1. The molecule has 0 saturated heterocycles. The summed E-state index contributed by atoms with van der Waals surface area (Å²) < 4.78 is 2.16. The maximum Gasteiger partial charge on any atom is 0.222 e. The van der Waals surface area contributed by atoms with E-state index in [0.29, 0.717) is 5.82 Å². The molecule has 0 aliphatic heterocycles. The van der Waals surface area contributed by atoms with Crippen molar-refractivity contribution < 1.29 is 0 Å². The predicted molar refractivity (Wildman–Crippen MR) is 69.5 cm³/mol. The lowest BCUT2D eigenvalue weighted by molar-refractivity contribution is 0.798. The monoisotopic (exact) mass is 227 g/mol. The molecule has 2 heterocycles. The molecule has 1 aromatic carbocycles. The van der Waals surface area contributed by atoms with Crippen molar-refractivity contribution in [2.75, 3.05) is 11.5 Å². The second-order valence-electron chi connectivity index (χ2n) is 3.96. The van der Waals surface area contributed by atoms with Gasteiger partial charge in [0.25, 0.3) is 0 Å². The number of hydrogen-bond acceptors (Lipinski definition) is 4. The van der Waals surface area contributed by atoms with Gasteiger partial charge in [0.15, 0.2) is 0 Å². The number of fused-ring (bicyclic) bond motifs is 3. The summed E-state index contributed by atoms with van der Waals surface area (Å²) in [4.78, 5) is 8.22. The molecule has 5 nitrogen and oxygen atoms in total. The van der Waals surface area contributed by atoms with Crippen LogP contribution in [0.25, 0.3) is 21.8 Å². The molecule has 17 heavy (non-hydrogen) atoms. The van der Waals surface area contributed by atoms with Crippen LogP contribution in [0.1, 0.15) is 6.92 Å². The van der Waals surface area contributed by atoms with Crippen molar-refractivity contribution in [3.05, 3.63) is 24.4 Å². The van der Waals surface area contributed by atoms with Crippen LogP contribution < -0.4 is 11.5 Å². The Balaban J connectivity index is 2.51. The van der Waals surface area contributed by atoms with Gasteiger partial charge in [-0.3, -0.25) is 0 Å². The van der Waals surface area contributed by atoms with Crippen LogP contribution in [0.5, 0.6) is 0 Å². The van der Waals surface area contributed by atoms with Crippen molar-refractivity contribution in [2.24, 2.45) is 0 Å². The van der Waals surface area contributed by atoms with Gasteiger partial charge in [0.1, 0.15) is 5.82 Å². The summed E-state index contributed by atoms with van der Waals surface area (Å²) in [6.45, 7) is 3.03. The second kappa shape index (κ2) is 3.35. The van der Waals surface area contributed by atoms with Crippen molar-refractivity contribution in [1.82, 2.24) is 14.5 Å². The predicted octanol–water partition coefficient (Wildman–Crippen LogP) is 1.77. The first-order valence-electron chi connectivity index (χ1n) is 5.51. The van der Waals surface area contributed by atoms with Crippen LogP contribution in [0.4, 0.5) is 11.8 Å². The van der Waals surface area contributed by atoms with Crippen LogP contribution in [0.2, 0.25) is 0 Å². The van der Waals surface area contributed by atoms with Gasteiger partial charge in [0, 0.05) is 23.6 Å². The summed E-state index contributed by atoms with van der Waals surface area (Å²) in [5.41, 5.74) is 13.5. The molecule has 0 radical (unpaired) electrons. The van der Waals surface area contributed by atoms with Gasteiger partial charge in [-0.25, -0.2) is 4.98 Å². The first-order valence-corrected chi connectivity index (χ1v) is 5.51. The van der Waals surface area contributed by atoms with E-state index < -0.39 is 0 Å². The maximum atomic E-state index is 5.93. The molecule has 0 atom stereocenters. The third-order valence-corrected chi connectivity index (χ3v) is 3.00. The van der Waals surface area contributed by atoms with E-state index in [2.05, 4.69) is 21.5 Å². The zero-order chi connectivity index (χ0) is 12.0. The number of benzene rings is 1. The molecule has 4 N–H and O–H groups in total. The standard InChI is InChI=1S/C12H13N5/c1-2-17-6-5-7-9(17)4-3-8-10(7)11(13)16-12(14)15-8/h3-6H,2H2,1H3,(H4,13,14,15,16). The average Bonchev–Trinajstić information content (AvgIpc) is 2.70. The summed E-state index contributed by atoms with van der Waals surface area (Å²) in [6.07, 6.45) is 2.04. The number of hydrogen-bond donors (Lipinski definition) is 2. The van der Waals surface area contributed by atoms with Crippen molar-refractivity contribution in [2.45, 2.75) is 13.5 Å². The van der Waals surface area contributed by atoms with Crippen molar-refractivity contribution in [3.63, 3.8) is 0 Å². The van der Waals surface area contributed by atoms with E-state index in [9.17, 15) is 0 Å². The Labute approximate surface area is 98.1 Å². The van der Waals surface area contributed by atoms with Crippen molar-refractivity contribution in [1.29, 1.82) is 0 Å². The van der Waals surface area contributed by atoms with Crippen LogP contribution in [0.15, 0.2) is 24.4 Å². The van der Waals surface area contributed by atoms with Crippen LogP contribution >= 0.6 is 0 Å². The topological polar surface area (TPSA) is 82.8 Å². The SMILES string of the molecule is CCn1ccc2c3c(N)nc(N)nc3ccc21. The third-order valence-electron chi connectivity index (χ3n) is 3.00. The third kappa shape index (κ3) is 1.32. The minimum absolute atomic E-state index is 0.212. The Kier molecular flexibility index (Phi) is 1.95. The van der Waals surface area contributed by atoms with Gasteiger partial charge >= 0.3 is 0 Å². The van der Waals surface area contributed by atoms with Crippen LogP contribution in [0.3, 0.4) is 0 Å².